The molecule has 0 saturated carbocycles. The second-order valence-corrected chi connectivity index (χ2v) is 24.7. The highest BCUT2D eigenvalue weighted by atomic mass is 31.2. The summed E-state index contributed by atoms with van der Waals surface area (Å²) in [4.78, 5) is 52.0. The monoisotopic (exact) mass is 1250 g/mol. The minimum atomic E-state index is -4.23. The first kappa shape index (κ1) is 79.2. The lowest BCUT2D eigenvalue weighted by molar-refractivity contribution is -0.364. The number of amides is 2. The minimum Gasteiger partial charge on any atom is -0.461 e. The van der Waals surface area contributed by atoms with Crippen LogP contribution in [0.3, 0.4) is 0 Å². The molecule has 2 amide bonds. The Kier molecular flexibility index (Phi) is 45.8. The number of carbonyl (C=O) groups excluding carboxylic acids is 4. The third-order valence-corrected chi connectivity index (χ3v) is 16.8. The van der Waals surface area contributed by atoms with Crippen molar-refractivity contribution in [2.24, 2.45) is 5.92 Å². The molecule has 22 nitrogen and oxygen atoms in total. The molecule has 6 unspecified atom stereocenters. The van der Waals surface area contributed by atoms with Crippen LogP contribution in [-0.2, 0) is 65.7 Å². The van der Waals surface area contributed by atoms with Crippen molar-refractivity contribution >= 4 is 31.6 Å². The number of phosphoric acid groups is 1. The number of nitrogens with one attached hydrogen (secondary N) is 2. The Morgan fingerprint density at radius 3 is 1.71 bits per heavy atom. The Labute approximate surface area is 514 Å². The number of hydrogen-bond acceptors (Lipinski definition) is 20. The summed E-state index contributed by atoms with van der Waals surface area (Å²) >= 11 is 0. The van der Waals surface area contributed by atoms with Gasteiger partial charge in [-0.25, -0.2) is 4.57 Å². The quantitative estimate of drug-likeness (QED) is 0.0122. The molecule has 8 N–H and O–H groups in total. The Morgan fingerprint density at radius 1 is 0.570 bits per heavy atom. The molecule has 0 aromatic rings. The van der Waals surface area contributed by atoms with Gasteiger partial charge in [-0.15, -0.1) is 0 Å². The predicted octanol–water partition coefficient (Wildman–Crippen LogP) is 9.01. The van der Waals surface area contributed by atoms with Crippen molar-refractivity contribution < 1.29 is 96.4 Å². The lowest BCUT2D eigenvalue weighted by Crippen LogP contribution is -2.64. The van der Waals surface area contributed by atoms with Crippen molar-refractivity contribution in [2.45, 2.75) is 294 Å². The van der Waals surface area contributed by atoms with E-state index in [0.717, 1.165) is 90.6 Å². The summed E-state index contributed by atoms with van der Waals surface area (Å²) in [6.07, 6.45) is 21.6. The number of aliphatic hydroxyl groups is 6. The first-order valence-electron chi connectivity index (χ1n) is 32.8. The molecule has 0 spiro atoms. The van der Waals surface area contributed by atoms with Gasteiger partial charge in [-0.05, 0) is 77.6 Å². The molecule has 86 heavy (non-hydrogen) atoms. The number of hydrogen-bond donors (Lipinski definition) is 8. The van der Waals surface area contributed by atoms with Crippen molar-refractivity contribution in [1.29, 1.82) is 0 Å². The van der Waals surface area contributed by atoms with Crippen LogP contribution in [0.25, 0.3) is 0 Å². The normalized spacial score (nSPS) is 23.9. The molecule has 2 aliphatic heterocycles. The SMILES string of the molecule is CCCCCCCC/C=C\C(CCCCCC)C(=O)OC[C@H](COP(=O)(OC)OCCNC(=O)CCCCC(=O)NCCCO[C@@H]1OC(CO)[C@H](O)[C@H](O)C1O[C@@H]1OC(C)[C@@H](O)[C@H](O)C1O)OC(=O)CCCCCCC/C=C/CCCCCCCC. The minimum absolute atomic E-state index is 0.0315. The van der Waals surface area contributed by atoms with Gasteiger partial charge in [-0.2, -0.15) is 0 Å². The van der Waals surface area contributed by atoms with Crippen LogP contribution >= 0.6 is 7.82 Å². The zero-order valence-electron chi connectivity index (χ0n) is 53.0. The Balaban J connectivity index is 1.83. The van der Waals surface area contributed by atoms with E-state index >= 15 is 0 Å². The number of carbonyl (C=O) groups is 4. The van der Waals surface area contributed by atoms with Gasteiger partial charge in [0.2, 0.25) is 11.8 Å². The van der Waals surface area contributed by atoms with E-state index in [9.17, 15) is 54.4 Å². The highest BCUT2D eigenvalue weighted by Gasteiger charge is 2.50. The maximum Gasteiger partial charge on any atom is 0.474 e. The highest BCUT2D eigenvalue weighted by molar-refractivity contribution is 7.48. The van der Waals surface area contributed by atoms with Crippen LogP contribution < -0.4 is 10.6 Å². The van der Waals surface area contributed by atoms with Crippen molar-refractivity contribution in [3.05, 3.63) is 24.3 Å². The van der Waals surface area contributed by atoms with Gasteiger partial charge in [0.1, 0.15) is 49.3 Å². The van der Waals surface area contributed by atoms with E-state index in [0.29, 0.717) is 25.7 Å². The van der Waals surface area contributed by atoms with Crippen molar-refractivity contribution in [1.82, 2.24) is 10.6 Å². The number of ether oxygens (including phenoxy) is 6. The summed E-state index contributed by atoms with van der Waals surface area (Å²) < 4.78 is 63.9. The zero-order valence-corrected chi connectivity index (χ0v) is 53.8. The van der Waals surface area contributed by atoms with Gasteiger partial charge in [-0.1, -0.05) is 154 Å². The summed E-state index contributed by atoms with van der Waals surface area (Å²) in [6, 6.07) is 0. The summed E-state index contributed by atoms with van der Waals surface area (Å²) in [6.45, 7) is 6.45. The lowest BCUT2D eigenvalue weighted by atomic mass is 9.97. The van der Waals surface area contributed by atoms with E-state index in [1.807, 2.05) is 6.08 Å². The summed E-state index contributed by atoms with van der Waals surface area (Å²) in [5.74, 6) is -2.00. The average Bonchev–Trinajstić information content (AvgIpc) is 1.63. The second-order valence-electron chi connectivity index (χ2n) is 22.9. The van der Waals surface area contributed by atoms with E-state index in [-0.39, 0.29) is 70.4 Å². The van der Waals surface area contributed by atoms with Gasteiger partial charge in [0.15, 0.2) is 18.7 Å². The number of allylic oxidation sites excluding steroid dienone is 3. The molecule has 0 aliphatic carbocycles. The Morgan fingerprint density at radius 2 is 1.12 bits per heavy atom. The average molecular weight is 1250 g/mol. The van der Waals surface area contributed by atoms with Crippen LogP contribution in [0.15, 0.2) is 24.3 Å². The van der Waals surface area contributed by atoms with E-state index < -0.39 is 106 Å². The molecule has 502 valence electrons. The fourth-order valence-electron chi connectivity index (χ4n) is 9.90. The highest BCUT2D eigenvalue weighted by Crippen LogP contribution is 2.48. The smallest absolute Gasteiger partial charge is 0.461 e. The van der Waals surface area contributed by atoms with Gasteiger partial charge in [0.05, 0.1) is 38.4 Å². The van der Waals surface area contributed by atoms with Gasteiger partial charge >= 0.3 is 19.8 Å². The zero-order chi connectivity index (χ0) is 63.2. The van der Waals surface area contributed by atoms with Crippen LogP contribution in [0.1, 0.15) is 227 Å². The maximum atomic E-state index is 13.6. The van der Waals surface area contributed by atoms with Crippen molar-refractivity contribution in [2.75, 3.05) is 53.2 Å². The molecule has 0 aromatic heterocycles. The summed E-state index contributed by atoms with van der Waals surface area (Å²) in [5, 5.41) is 67.1. The number of aliphatic hydroxyl groups excluding tert-OH is 6. The fourth-order valence-corrected chi connectivity index (χ4v) is 10.8. The van der Waals surface area contributed by atoms with Crippen molar-refractivity contribution in [3.63, 3.8) is 0 Å². The summed E-state index contributed by atoms with van der Waals surface area (Å²) in [5.41, 5.74) is 0. The standard InChI is InChI=1S/C63H115N2O20P/c1-6-9-12-15-17-19-20-21-22-23-24-25-27-29-32-40-54(69)83-50(46-79-61(75)49(36-30-14-11-8-3)37-31-28-26-18-16-13-10-7-2)47-81-86(76,77-5)80-44-42-65-53(68)39-34-33-38-52(67)64-41-35-43-78-63-60(58(73)56(71)51(45-66)84-63)85-62-59(74)57(72)55(70)48(4)82-62/h21-22,31,37,48-51,55-60,62-63,66,70-74H,6-20,23-30,32-36,38-47H2,1-5H3,(H,64,67)(H,65,68)/b22-21+,37-31-/t48?,49?,50-,51?,55-,56+,57+,58+,59?,60?,62+,63-,86?/m1/s1. The fraction of sp³-hybridized carbons (Fsp3) is 0.873. The molecular formula is C63H115N2O20P. The van der Waals surface area contributed by atoms with Crippen LogP contribution in [-0.4, -0.2) is 175 Å². The molecular weight excluding hydrogens is 1140 g/mol. The molecule has 13 atom stereocenters. The second kappa shape index (κ2) is 49.8. The van der Waals surface area contributed by atoms with Crippen LogP contribution in [0.2, 0.25) is 0 Å². The molecule has 2 rings (SSSR count). The first-order chi connectivity index (χ1) is 41.5. The number of rotatable bonds is 53. The van der Waals surface area contributed by atoms with Crippen LogP contribution in [0.4, 0.5) is 0 Å². The third-order valence-electron chi connectivity index (χ3n) is 15.3. The Hall–Kier alpha value is -2.93. The number of phosphoric ester groups is 1. The van der Waals surface area contributed by atoms with Crippen LogP contribution in [0.5, 0.6) is 0 Å². The number of unbranched alkanes of at least 4 members (excludes halogenated alkanes) is 21. The lowest BCUT2D eigenvalue weighted by Gasteiger charge is -2.45. The van der Waals surface area contributed by atoms with Gasteiger partial charge in [0.25, 0.3) is 0 Å². The van der Waals surface area contributed by atoms with E-state index in [1.165, 1.54) is 71.1 Å². The largest absolute Gasteiger partial charge is 0.474 e. The Bertz CT molecular complexity index is 1870. The molecule has 2 aliphatic rings. The van der Waals surface area contributed by atoms with E-state index in [4.69, 9.17) is 42.0 Å². The topological polar surface area (TPSA) is 314 Å². The van der Waals surface area contributed by atoms with Gasteiger partial charge in [-0.3, -0.25) is 32.7 Å². The van der Waals surface area contributed by atoms with Crippen LogP contribution in [0, 0.1) is 5.92 Å². The summed E-state index contributed by atoms with van der Waals surface area (Å²) in [7, 11) is -3.09. The molecule has 0 bridgehead atoms. The number of esters is 2. The third kappa shape index (κ3) is 35.5. The van der Waals surface area contributed by atoms with Crippen molar-refractivity contribution in [3.8, 4) is 0 Å². The molecule has 2 heterocycles. The molecule has 2 fully saturated rings. The molecule has 23 heteroatoms. The van der Waals surface area contributed by atoms with Gasteiger partial charge < -0.3 is 69.7 Å². The first-order valence-corrected chi connectivity index (χ1v) is 34.3. The molecule has 0 aromatic carbocycles. The van der Waals surface area contributed by atoms with E-state index in [2.05, 4.69) is 49.6 Å². The maximum absolute atomic E-state index is 13.6. The van der Waals surface area contributed by atoms with E-state index in [1.54, 1.807) is 0 Å². The van der Waals surface area contributed by atoms with Gasteiger partial charge in [0, 0.05) is 39.5 Å². The predicted molar refractivity (Wildman–Crippen MR) is 326 cm³/mol. The molecule has 2 saturated heterocycles. The molecule has 0 radical (unpaired) electrons.